The van der Waals surface area contributed by atoms with Crippen LogP contribution in [0.5, 0.6) is 0 Å². The zero-order valence-electron chi connectivity index (χ0n) is 1.86. The molecule has 9 radical (unpaired) electrons. The van der Waals surface area contributed by atoms with Crippen molar-refractivity contribution < 1.29 is 39.6 Å². The van der Waals surface area contributed by atoms with Crippen LogP contribution < -0.4 is 0 Å². The van der Waals surface area contributed by atoms with Crippen molar-refractivity contribution in [2.75, 3.05) is 0 Å². The molecule has 19 valence electrons. The molecule has 0 N–H and O–H groups in total. The largest absolute Gasteiger partial charge is 0 e. The number of hydrogen-bond acceptors (Lipinski definition) is 0. The first-order valence-corrected chi connectivity index (χ1v) is 0. The van der Waals surface area contributed by atoms with Crippen molar-refractivity contribution in [2.45, 2.75) is 0 Å². The first-order valence-electron chi connectivity index (χ1n) is 0. The normalized spacial score (nSPS) is 0. The Bertz CT molecular complexity index is 8.00. The maximum Gasteiger partial charge on any atom is 0 e. The van der Waals surface area contributed by atoms with E-state index in [4.69, 9.17) is 0 Å². The van der Waals surface area contributed by atoms with Crippen LogP contribution in [-0.2, 0) is 39.6 Å². The molecule has 0 heterocycles. The number of rotatable bonds is 0. The Hall–Kier alpha value is 1.49. The van der Waals surface area contributed by atoms with E-state index in [0.29, 0.717) is 0 Å². The Labute approximate surface area is 57.9 Å². The summed E-state index contributed by atoms with van der Waals surface area (Å²) in [4.78, 5) is 0. The Morgan fingerprint density at radius 2 is 1.00 bits per heavy atom. The Balaban J connectivity index is 0. The summed E-state index contributed by atoms with van der Waals surface area (Å²) in [6, 6.07) is 0. The molecule has 0 nitrogen and oxygen atoms in total. The molecular weight excluding hydrogens is 275 g/mol. The molecule has 0 aromatic heterocycles. The van der Waals surface area contributed by atoms with Gasteiger partial charge in [0.15, 0.2) is 0 Å². The van der Waals surface area contributed by atoms with Gasteiger partial charge in [-0.2, -0.15) is 0 Å². The van der Waals surface area contributed by atoms with Crippen LogP contribution in [0.4, 0.5) is 0 Å². The van der Waals surface area contributed by atoms with E-state index in [9.17, 15) is 0 Å². The summed E-state index contributed by atoms with van der Waals surface area (Å²) < 4.78 is 0. The van der Waals surface area contributed by atoms with Crippen LogP contribution in [0.25, 0.3) is 0 Å². The van der Waals surface area contributed by atoms with Gasteiger partial charge in [0, 0.05) is 58.0 Å². The van der Waals surface area contributed by atoms with Gasteiger partial charge < -0.3 is 0 Å². The van der Waals surface area contributed by atoms with E-state index < -0.39 is 0 Å². The summed E-state index contributed by atoms with van der Waals surface area (Å²) in [6.45, 7) is 0. The van der Waals surface area contributed by atoms with E-state index in [1.807, 2.05) is 0 Å². The predicted molar refractivity (Wildman–Crippen MR) is 9.00 cm³/mol. The van der Waals surface area contributed by atoms with Crippen LogP contribution in [0.1, 0.15) is 0 Å². The maximum absolute atomic E-state index is 0. The molecule has 0 aromatic rings. The number of hydrogen-bond donors (Lipinski definition) is 0. The van der Waals surface area contributed by atoms with E-state index in [0.717, 1.165) is 0 Å². The summed E-state index contributed by atoms with van der Waals surface area (Å²) in [6.07, 6.45) is 0. The van der Waals surface area contributed by atoms with E-state index in [2.05, 4.69) is 0 Å². The molecule has 0 rings (SSSR count). The molecular formula is CSiVW. The van der Waals surface area contributed by atoms with Gasteiger partial charge in [0.25, 0.3) is 0 Å². The molecule has 3 heteroatoms. The van der Waals surface area contributed by atoms with E-state index in [1.165, 1.54) is 0 Å². The SMILES string of the molecule is [C].[Si].[V].[W]. The van der Waals surface area contributed by atoms with Gasteiger partial charge in [0.05, 0.1) is 0 Å². The summed E-state index contributed by atoms with van der Waals surface area (Å²) in [7, 11) is 0. The van der Waals surface area contributed by atoms with Crippen LogP contribution in [0.2, 0.25) is 0 Å². The fourth-order valence-electron chi connectivity index (χ4n) is 0. The molecule has 0 unspecified atom stereocenters. The zero-order chi connectivity index (χ0) is 0. The minimum atomic E-state index is 0. The first kappa shape index (κ1) is 49.9. The summed E-state index contributed by atoms with van der Waals surface area (Å²) in [5.74, 6) is 0. The summed E-state index contributed by atoms with van der Waals surface area (Å²) in [5.41, 5.74) is 0. The van der Waals surface area contributed by atoms with Crippen LogP contribution in [0.15, 0.2) is 0 Å². The van der Waals surface area contributed by atoms with Crippen molar-refractivity contribution in [1.29, 1.82) is 0 Å². The fourth-order valence-corrected chi connectivity index (χ4v) is 0. The quantitative estimate of drug-likeness (QED) is 0.532. The molecule has 0 aliphatic carbocycles. The second-order valence-electron chi connectivity index (χ2n) is 0. The molecule has 0 saturated carbocycles. The van der Waals surface area contributed by atoms with Gasteiger partial charge in [-0.3, -0.25) is 0 Å². The molecule has 0 amide bonds. The molecule has 0 spiro atoms. The van der Waals surface area contributed by atoms with E-state index in [1.54, 1.807) is 0 Å². The van der Waals surface area contributed by atoms with Gasteiger partial charge in [-0.1, -0.05) is 0 Å². The van der Waals surface area contributed by atoms with Crippen molar-refractivity contribution in [1.82, 2.24) is 0 Å². The van der Waals surface area contributed by atoms with Crippen molar-refractivity contribution in [3.05, 3.63) is 7.43 Å². The third-order valence-corrected chi connectivity index (χ3v) is 0. The van der Waals surface area contributed by atoms with Gasteiger partial charge in [0.1, 0.15) is 0 Å². The fraction of sp³-hybridized carbons (Fsp3) is 0. The van der Waals surface area contributed by atoms with Crippen LogP contribution in [0.3, 0.4) is 0 Å². The van der Waals surface area contributed by atoms with Gasteiger partial charge in [-0.05, 0) is 0 Å². The summed E-state index contributed by atoms with van der Waals surface area (Å²) in [5, 5.41) is 0. The molecule has 0 bridgehead atoms. The topological polar surface area (TPSA) is 0 Å². The van der Waals surface area contributed by atoms with Crippen molar-refractivity contribution in [3.63, 3.8) is 0 Å². The van der Waals surface area contributed by atoms with Crippen molar-refractivity contribution in [2.24, 2.45) is 0 Å². The second-order valence-corrected chi connectivity index (χ2v) is 0. The van der Waals surface area contributed by atoms with Crippen molar-refractivity contribution >= 4 is 11.0 Å². The van der Waals surface area contributed by atoms with Crippen LogP contribution in [-0.4, -0.2) is 11.0 Å². The van der Waals surface area contributed by atoms with Gasteiger partial charge >= 0.3 is 0 Å². The van der Waals surface area contributed by atoms with Crippen molar-refractivity contribution in [3.8, 4) is 0 Å². The monoisotopic (exact) mass is 275 g/mol. The molecule has 0 aliphatic rings. The first-order chi connectivity index (χ1) is 0. The average molecular weight is 275 g/mol. The third-order valence-electron chi connectivity index (χ3n) is 0. The molecule has 4 heavy (non-hydrogen) atoms. The molecule has 0 saturated heterocycles. The molecule has 0 atom stereocenters. The van der Waals surface area contributed by atoms with Gasteiger partial charge in [0.2, 0.25) is 0 Å². The third kappa shape index (κ3) is 9.75. The average Bonchev–Trinajstić information content (AvgIpc) is 0. The Morgan fingerprint density at radius 3 is 1.00 bits per heavy atom. The van der Waals surface area contributed by atoms with Gasteiger partial charge in [-0.25, -0.2) is 0 Å². The smallest absolute Gasteiger partial charge is 0 e. The van der Waals surface area contributed by atoms with E-state index >= 15 is 0 Å². The van der Waals surface area contributed by atoms with Crippen LogP contribution >= 0.6 is 0 Å². The van der Waals surface area contributed by atoms with Gasteiger partial charge in [-0.15, -0.1) is 0 Å². The Morgan fingerprint density at radius 1 is 1.00 bits per heavy atom. The van der Waals surface area contributed by atoms with E-state index in [-0.39, 0.29) is 58.0 Å². The molecule has 0 fully saturated rings. The van der Waals surface area contributed by atoms with Crippen LogP contribution in [0, 0.1) is 7.43 Å². The standard InChI is InChI=1S/C.Si.V.W. The molecule has 0 aromatic carbocycles. The molecule has 0 aliphatic heterocycles. The zero-order valence-corrected chi connectivity index (χ0v) is 7.19. The Kier molecular flexibility index (Phi) is 307. The minimum absolute atomic E-state index is 0. The summed E-state index contributed by atoms with van der Waals surface area (Å²) >= 11 is 0. The minimum Gasteiger partial charge on any atom is 0 e. The second kappa shape index (κ2) is 24.6. The maximum atomic E-state index is 0. The predicted octanol–water partition coefficient (Wildman–Crippen LogP) is -0.305.